The van der Waals surface area contributed by atoms with Crippen LogP contribution in [0.5, 0.6) is 5.75 Å². The molecule has 0 saturated carbocycles. The van der Waals surface area contributed by atoms with Crippen LogP contribution < -0.4 is 20.4 Å². The molecule has 1 fully saturated rings. The van der Waals surface area contributed by atoms with Crippen molar-refractivity contribution in [3.8, 4) is 5.75 Å². The summed E-state index contributed by atoms with van der Waals surface area (Å²) in [5.41, 5.74) is -1.98. The number of pyridine rings is 1. The summed E-state index contributed by atoms with van der Waals surface area (Å²) in [6.45, 7) is 7.79. The standard InChI is InChI=1S/C22H27BF3N3O6/c1-6-28-11-14(20(31)35-23(25)26)18(30)13-9-15(24)17(19(33-5)16(13)28)29-8-7-12(10-29)27-21(32)34-22(2,3)4/h9,11-12H,6-8,10H2,1-5H3,(H,27,32). The number of hydrogen-bond donors (Lipinski definition) is 1. The van der Waals surface area contributed by atoms with E-state index >= 15 is 4.39 Å². The number of rotatable bonds is 6. The lowest BCUT2D eigenvalue weighted by Crippen LogP contribution is -2.40. The van der Waals surface area contributed by atoms with Crippen molar-refractivity contribution >= 4 is 36.1 Å². The molecule has 1 aromatic carbocycles. The zero-order valence-corrected chi connectivity index (χ0v) is 20.1. The highest BCUT2D eigenvalue weighted by atomic mass is 19.2. The average Bonchev–Trinajstić information content (AvgIpc) is 3.19. The molecule has 13 heteroatoms. The molecular formula is C22H27BF3N3O6. The number of halogens is 3. The lowest BCUT2D eigenvalue weighted by molar-refractivity contribution is 0.0508. The fourth-order valence-electron chi connectivity index (χ4n) is 4.07. The van der Waals surface area contributed by atoms with Crippen LogP contribution in [0.2, 0.25) is 0 Å². The molecule has 1 saturated heterocycles. The number of aryl methyl sites for hydroxylation is 1. The van der Waals surface area contributed by atoms with Gasteiger partial charge in [0.15, 0.2) is 11.6 Å². The van der Waals surface area contributed by atoms with Gasteiger partial charge in [-0.25, -0.2) is 22.6 Å². The quantitative estimate of drug-likeness (QED) is 0.612. The van der Waals surface area contributed by atoms with Crippen molar-refractivity contribution in [2.24, 2.45) is 0 Å². The molecule has 1 aliphatic rings. The minimum absolute atomic E-state index is 0.0469. The van der Waals surface area contributed by atoms with Gasteiger partial charge in [0.05, 0.1) is 24.1 Å². The van der Waals surface area contributed by atoms with Crippen molar-refractivity contribution in [3.63, 3.8) is 0 Å². The highest BCUT2D eigenvalue weighted by molar-refractivity contribution is 6.38. The number of nitrogens with zero attached hydrogens (tertiary/aromatic N) is 2. The molecule has 190 valence electrons. The monoisotopic (exact) mass is 497 g/mol. The second-order valence-electron chi connectivity index (χ2n) is 9.04. The molecule has 1 N–H and O–H groups in total. The minimum atomic E-state index is -3.40. The van der Waals surface area contributed by atoms with Gasteiger partial charge in [-0.3, -0.25) is 4.79 Å². The van der Waals surface area contributed by atoms with E-state index in [9.17, 15) is 23.0 Å². The topological polar surface area (TPSA) is 99.1 Å². The smallest absolute Gasteiger partial charge is 0.492 e. The first-order valence-corrected chi connectivity index (χ1v) is 11.0. The maximum Gasteiger partial charge on any atom is 0.798 e. The zero-order chi connectivity index (χ0) is 26.1. The molecule has 0 aliphatic carbocycles. The molecule has 1 aromatic heterocycles. The van der Waals surface area contributed by atoms with Gasteiger partial charge < -0.3 is 28.9 Å². The number of aromatic nitrogens is 1. The number of alkyl carbamates (subject to hydrolysis) is 1. The van der Waals surface area contributed by atoms with E-state index in [1.807, 2.05) is 0 Å². The van der Waals surface area contributed by atoms with Crippen LogP contribution in [0.1, 0.15) is 44.5 Å². The number of nitrogens with one attached hydrogen (secondary N) is 1. The van der Waals surface area contributed by atoms with Gasteiger partial charge in [0.1, 0.15) is 16.9 Å². The number of carbonyl (C=O) groups excluding carboxylic acids is 2. The van der Waals surface area contributed by atoms with Gasteiger partial charge in [0.2, 0.25) is 5.43 Å². The van der Waals surface area contributed by atoms with E-state index in [0.717, 1.165) is 12.3 Å². The van der Waals surface area contributed by atoms with Gasteiger partial charge in [-0.2, -0.15) is 0 Å². The number of benzene rings is 1. The summed E-state index contributed by atoms with van der Waals surface area (Å²) in [7, 11) is -2.09. The number of methoxy groups -OCH3 is 1. The van der Waals surface area contributed by atoms with Gasteiger partial charge in [-0.05, 0) is 40.2 Å². The Morgan fingerprint density at radius 1 is 1.29 bits per heavy atom. The largest absolute Gasteiger partial charge is 0.798 e. The van der Waals surface area contributed by atoms with E-state index in [1.165, 1.54) is 11.7 Å². The molecule has 1 amide bonds. The average molecular weight is 497 g/mol. The van der Waals surface area contributed by atoms with Gasteiger partial charge >= 0.3 is 19.5 Å². The number of fused-ring (bicyclic) bond motifs is 1. The summed E-state index contributed by atoms with van der Waals surface area (Å²) < 4.78 is 56.5. The molecule has 35 heavy (non-hydrogen) atoms. The summed E-state index contributed by atoms with van der Waals surface area (Å²) in [6.07, 6.45) is 1.02. The predicted molar refractivity (Wildman–Crippen MR) is 124 cm³/mol. The first kappa shape index (κ1) is 26.2. The van der Waals surface area contributed by atoms with Crippen molar-refractivity contribution in [1.29, 1.82) is 0 Å². The van der Waals surface area contributed by atoms with Crippen LogP contribution in [0.25, 0.3) is 10.9 Å². The van der Waals surface area contributed by atoms with E-state index < -0.39 is 41.9 Å². The van der Waals surface area contributed by atoms with Crippen LogP contribution in [0.4, 0.5) is 23.5 Å². The van der Waals surface area contributed by atoms with Crippen molar-refractivity contribution < 1.29 is 36.7 Å². The second kappa shape index (κ2) is 10.1. The van der Waals surface area contributed by atoms with Crippen molar-refractivity contribution in [1.82, 2.24) is 9.88 Å². The van der Waals surface area contributed by atoms with Gasteiger partial charge in [0, 0.05) is 25.8 Å². The van der Waals surface area contributed by atoms with Crippen LogP contribution in [-0.2, 0) is 15.9 Å². The van der Waals surface area contributed by atoms with Crippen LogP contribution in [0, 0.1) is 5.82 Å². The third kappa shape index (κ3) is 5.65. The number of carbonyl (C=O) groups is 2. The Hall–Kier alpha value is -3.38. The Labute approximate surface area is 200 Å². The van der Waals surface area contributed by atoms with E-state index in [0.29, 0.717) is 13.0 Å². The minimum Gasteiger partial charge on any atom is -0.492 e. The maximum absolute atomic E-state index is 15.4. The van der Waals surface area contributed by atoms with Crippen LogP contribution >= 0.6 is 0 Å². The zero-order valence-electron chi connectivity index (χ0n) is 20.1. The fraction of sp³-hybridized carbons (Fsp3) is 0.500. The summed E-state index contributed by atoms with van der Waals surface area (Å²) in [5.74, 6) is -2.26. The Morgan fingerprint density at radius 3 is 2.54 bits per heavy atom. The van der Waals surface area contributed by atoms with Crippen molar-refractivity contribution in [2.75, 3.05) is 25.1 Å². The Bertz CT molecular complexity index is 1200. The van der Waals surface area contributed by atoms with E-state index in [-0.39, 0.29) is 41.5 Å². The van der Waals surface area contributed by atoms with Crippen LogP contribution in [0.15, 0.2) is 17.1 Å². The maximum atomic E-state index is 15.4. The normalized spacial score (nSPS) is 15.8. The fourth-order valence-corrected chi connectivity index (χ4v) is 4.07. The highest BCUT2D eigenvalue weighted by Gasteiger charge is 2.32. The second-order valence-corrected chi connectivity index (χ2v) is 9.04. The molecule has 0 spiro atoms. The Kier molecular flexibility index (Phi) is 7.56. The molecular weight excluding hydrogens is 470 g/mol. The first-order chi connectivity index (χ1) is 16.4. The number of anilines is 1. The summed E-state index contributed by atoms with van der Waals surface area (Å²) in [4.78, 5) is 38.7. The third-order valence-corrected chi connectivity index (χ3v) is 5.43. The molecule has 0 radical (unpaired) electrons. The van der Waals surface area contributed by atoms with Crippen LogP contribution in [-0.4, -0.2) is 55.9 Å². The molecule has 9 nitrogen and oxygen atoms in total. The van der Waals surface area contributed by atoms with E-state index in [4.69, 9.17) is 9.47 Å². The SMILES string of the molecule is CCn1cc(C(=O)OB(F)F)c(=O)c2cc(F)c(N3CCC(NC(=O)OC(C)(C)C)C3)c(OC)c21. The predicted octanol–water partition coefficient (Wildman–Crippen LogP) is 3.35. The van der Waals surface area contributed by atoms with Gasteiger partial charge in [-0.15, -0.1) is 0 Å². The van der Waals surface area contributed by atoms with Gasteiger partial charge in [0.25, 0.3) is 0 Å². The van der Waals surface area contributed by atoms with Gasteiger partial charge in [-0.1, -0.05) is 0 Å². The number of ether oxygens (including phenoxy) is 2. The Balaban J connectivity index is 2.02. The lowest BCUT2D eigenvalue weighted by atomic mass is 10.1. The molecule has 0 bridgehead atoms. The molecule has 1 atom stereocenters. The van der Waals surface area contributed by atoms with Crippen molar-refractivity contribution in [3.05, 3.63) is 33.9 Å². The summed E-state index contributed by atoms with van der Waals surface area (Å²) in [6, 6.07) is 0.639. The van der Waals surface area contributed by atoms with E-state index in [2.05, 4.69) is 9.97 Å². The first-order valence-electron chi connectivity index (χ1n) is 11.0. The molecule has 2 aromatic rings. The molecule has 1 unspecified atom stereocenters. The summed E-state index contributed by atoms with van der Waals surface area (Å²) >= 11 is 0. The highest BCUT2D eigenvalue weighted by Crippen LogP contribution is 2.39. The Morgan fingerprint density at radius 2 is 1.97 bits per heavy atom. The van der Waals surface area contributed by atoms with E-state index in [1.54, 1.807) is 32.6 Å². The molecule has 3 rings (SSSR count). The molecule has 2 heterocycles. The van der Waals surface area contributed by atoms with Crippen LogP contribution in [0.3, 0.4) is 0 Å². The number of hydrogen-bond acceptors (Lipinski definition) is 7. The third-order valence-electron chi connectivity index (χ3n) is 5.43. The number of amides is 1. The lowest BCUT2D eigenvalue weighted by Gasteiger charge is -2.25. The summed E-state index contributed by atoms with van der Waals surface area (Å²) in [5, 5.41) is 2.55. The molecule has 1 aliphatic heterocycles. The van der Waals surface area contributed by atoms with Crippen molar-refractivity contribution in [2.45, 2.75) is 52.3 Å².